The molecule has 0 atom stereocenters. The summed E-state index contributed by atoms with van der Waals surface area (Å²) in [4.78, 5) is 29.7. The molecule has 2 aliphatic heterocycles. The van der Waals surface area contributed by atoms with Crippen LogP contribution in [-0.2, 0) is 12.8 Å². The molecule has 1 aliphatic carbocycles. The van der Waals surface area contributed by atoms with Crippen LogP contribution in [0.1, 0.15) is 65.1 Å². The molecule has 0 spiro atoms. The predicted molar refractivity (Wildman–Crippen MR) is 131 cm³/mol. The van der Waals surface area contributed by atoms with Gasteiger partial charge in [-0.3, -0.25) is 4.79 Å². The first-order chi connectivity index (χ1) is 16.7. The topological polar surface area (TPSA) is 70.0 Å². The summed E-state index contributed by atoms with van der Waals surface area (Å²) in [5, 5.41) is 7.50. The molecule has 0 radical (unpaired) electrons. The molecule has 0 bridgehead atoms. The number of rotatable bonds is 3. The maximum absolute atomic E-state index is 13.0. The van der Waals surface area contributed by atoms with Crippen LogP contribution in [0.2, 0.25) is 0 Å². The quantitative estimate of drug-likeness (QED) is 0.631. The summed E-state index contributed by atoms with van der Waals surface area (Å²) in [5.74, 6) is 0.460. The normalized spacial score (nSPS) is 18.5. The maximum atomic E-state index is 13.0. The molecule has 176 valence electrons. The number of nitrogens with one attached hydrogen (secondary N) is 1. The SMILES string of the molecule is O=C(Nc1ccc2c(c1)CCC2)N1CCC(c2ccn3ncc(C(=O)N4CCCC4)c3c2)CC1. The van der Waals surface area contributed by atoms with Crippen LogP contribution < -0.4 is 5.32 Å². The summed E-state index contributed by atoms with van der Waals surface area (Å²) in [6.07, 6.45) is 11.1. The summed E-state index contributed by atoms with van der Waals surface area (Å²) in [6.45, 7) is 3.13. The van der Waals surface area contributed by atoms with Gasteiger partial charge in [-0.05, 0) is 91.8 Å². The number of anilines is 1. The van der Waals surface area contributed by atoms with Gasteiger partial charge in [-0.2, -0.15) is 5.10 Å². The lowest BCUT2D eigenvalue weighted by Crippen LogP contribution is -2.40. The molecule has 0 unspecified atom stereocenters. The minimum atomic E-state index is -0.0128. The Balaban J connectivity index is 1.11. The molecular weight excluding hydrogens is 426 g/mol. The average Bonchev–Trinajstić information content (AvgIpc) is 3.64. The van der Waals surface area contributed by atoms with E-state index in [0.29, 0.717) is 11.5 Å². The second-order valence-electron chi connectivity index (χ2n) is 9.88. The monoisotopic (exact) mass is 457 g/mol. The fourth-order valence-corrected chi connectivity index (χ4v) is 5.77. The fourth-order valence-electron chi connectivity index (χ4n) is 5.77. The summed E-state index contributed by atoms with van der Waals surface area (Å²) < 4.78 is 1.80. The van der Waals surface area contributed by atoms with Gasteiger partial charge in [0.2, 0.25) is 0 Å². The van der Waals surface area contributed by atoms with E-state index in [-0.39, 0.29) is 11.9 Å². The number of amides is 3. The highest BCUT2D eigenvalue weighted by Crippen LogP contribution is 2.30. The molecule has 2 fully saturated rings. The molecule has 2 saturated heterocycles. The van der Waals surface area contributed by atoms with Crippen molar-refractivity contribution in [1.29, 1.82) is 0 Å². The van der Waals surface area contributed by atoms with Gasteiger partial charge in [0.15, 0.2) is 0 Å². The third-order valence-electron chi connectivity index (χ3n) is 7.77. The number of pyridine rings is 1. The first kappa shape index (κ1) is 21.2. The number of hydrogen-bond acceptors (Lipinski definition) is 3. The van der Waals surface area contributed by atoms with Crippen LogP contribution in [-0.4, -0.2) is 57.5 Å². The van der Waals surface area contributed by atoms with Crippen molar-refractivity contribution in [3.05, 3.63) is 65.0 Å². The van der Waals surface area contributed by atoms with E-state index in [2.05, 4.69) is 34.7 Å². The van der Waals surface area contributed by atoms with E-state index in [9.17, 15) is 9.59 Å². The van der Waals surface area contributed by atoms with Gasteiger partial charge in [-0.25, -0.2) is 9.31 Å². The minimum absolute atomic E-state index is 0.0128. The Morgan fingerprint density at radius 3 is 2.50 bits per heavy atom. The number of nitrogens with zero attached hydrogens (tertiary/aromatic N) is 4. The molecule has 2 aromatic heterocycles. The second kappa shape index (κ2) is 8.78. The van der Waals surface area contributed by atoms with Crippen molar-refractivity contribution in [3.63, 3.8) is 0 Å². The van der Waals surface area contributed by atoms with Crippen molar-refractivity contribution in [2.75, 3.05) is 31.5 Å². The average molecular weight is 458 g/mol. The van der Waals surface area contributed by atoms with Gasteiger partial charge in [-0.1, -0.05) is 6.07 Å². The maximum Gasteiger partial charge on any atom is 0.321 e. The van der Waals surface area contributed by atoms with Gasteiger partial charge < -0.3 is 15.1 Å². The molecular formula is C27H31N5O2. The molecule has 6 rings (SSSR count). The molecule has 7 nitrogen and oxygen atoms in total. The van der Waals surface area contributed by atoms with E-state index in [4.69, 9.17) is 0 Å². The number of likely N-dealkylation sites (tertiary alicyclic amines) is 2. The zero-order valence-electron chi connectivity index (χ0n) is 19.5. The van der Waals surface area contributed by atoms with E-state index >= 15 is 0 Å². The van der Waals surface area contributed by atoms with Gasteiger partial charge in [0.25, 0.3) is 5.91 Å². The number of fused-ring (bicyclic) bond motifs is 2. The number of hydrogen-bond donors (Lipinski definition) is 1. The first-order valence-corrected chi connectivity index (χ1v) is 12.6. The van der Waals surface area contributed by atoms with E-state index in [1.54, 1.807) is 10.7 Å². The second-order valence-corrected chi connectivity index (χ2v) is 9.88. The van der Waals surface area contributed by atoms with Gasteiger partial charge >= 0.3 is 6.03 Å². The van der Waals surface area contributed by atoms with Gasteiger partial charge in [-0.15, -0.1) is 0 Å². The number of benzene rings is 1. The summed E-state index contributed by atoms with van der Waals surface area (Å²) >= 11 is 0. The Morgan fingerprint density at radius 2 is 1.68 bits per heavy atom. The van der Waals surface area contributed by atoms with E-state index in [0.717, 1.165) is 75.9 Å². The number of aryl methyl sites for hydroxylation is 2. The Kier molecular flexibility index (Phi) is 5.47. The van der Waals surface area contributed by atoms with E-state index in [1.165, 1.54) is 23.1 Å². The van der Waals surface area contributed by atoms with Crippen LogP contribution in [0, 0.1) is 0 Å². The highest BCUT2D eigenvalue weighted by atomic mass is 16.2. The molecule has 3 aromatic rings. The molecule has 4 heterocycles. The van der Waals surface area contributed by atoms with Crippen molar-refractivity contribution in [2.45, 2.75) is 50.9 Å². The van der Waals surface area contributed by atoms with Gasteiger partial charge in [0, 0.05) is 38.1 Å². The number of carbonyl (C=O) groups is 2. The minimum Gasteiger partial charge on any atom is -0.339 e. The van der Waals surface area contributed by atoms with Crippen LogP contribution in [0.4, 0.5) is 10.5 Å². The van der Waals surface area contributed by atoms with Crippen LogP contribution in [0.5, 0.6) is 0 Å². The Hall–Kier alpha value is -3.35. The van der Waals surface area contributed by atoms with Crippen LogP contribution in [0.25, 0.3) is 5.52 Å². The number of carbonyl (C=O) groups excluding carboxylic acids is 2. The lowest BCUT2D eigenvalue weighted by atomic mass is 9.89. The predicted octanol–water partition coefficient (Wildman–Crippen LogP) is 4.47. The zero-order chi connectivity index (χ0) is 23.1. The van der Waals surface area contributed by atoms with Crippen molar-refractivity contribution < 1.29 is 9.59 Å². The van der Waals surface area contributed by atoms with E-state index < -0.39 is 0 Å². The third-order valence-corrected chi connectivity index (χ3v) is 7.77. The Morgan fingerprint density at radius 1 is 0.882 bits per heavy atom. The standard InChI is InChI=1S/C27H31N5O2/c33-26(30-11-1-2-12-30)24-18-28-32-15-10-22(17-25(24)32)20-8-13-31(14-9-20)27(34)29-23-7-6-19-4-3-5-21(19)16-23/h6-7,10,15-18,20H,1-5,8-9,11-14H2,(H,29,34). The molecule has 3 amide bonds. The molecule has 34 heavy (non-hydrogen) atoms. The van der Waals surface area contributed by atoms with Crippen LogP contribution in [0.15, 0.2) is 42.7 Å². The number of piperidine rings is 1. The largest absolute Gasteiger partial charge is 0.339 e. The summed E-state index contributed by atoms with van der Waals surface area (Å²) in [5.41, 5.74) is 6.48. The highest BCUT2D eigenvalue weighted by Gasteiger charge is 2.26. The van der Waals surface area contributed by atoms with Crippen molar-refractivity contribution in [2.24, 2.45) is 0 Å². The van der Waals surface area contributed by atoms with Gasteiger partial charge in [0.1, 0.15) is 0 Å². The third kappa shape index (κ3) is 3.93. The fraction of sp³-hybridized carbons (Fsp3) is 0.444. The summed E-state index contributed by atoms with van der Waals surface area (Å²) in [7, 11) is 0. The Labute approximate surface area is 199 Å². The zero-order valence-corrected chi connectivity index (χ0v) is 19.5. The first-order valence-electron chi connectivity index (χ1n) is 12.6. The van der Waals surface area contributed by atoms with Crippen LogP contribution >= 0.6 is 0 Å². The van der Waals surface area contributed by atoms with Crippen molar-refractivity contribution in [1.82, 2.24) is 19.4 Å². The highest BCUT2D eigenvalue weighted by molar-refractivity contribution is 6.00. The van der Waals surface area contributed by atoms with Crippen molar-refractivity contribution >= 4 is 23.1 Å². The molecule has 7 heteroatoms. The molecule has 3 aliphatic rings. The number of aromatic nitrogens is 2. The lowest BCUT2D eigenvalue weighted by molar-refractivity contribution is 0.0794. The van der Waals surface area contributed by atoms with Crippen molar-refractivity contribution in [3.8, 4) is 0 Å². The van der Waals surface area contributed by atoms with Crippen LogP contribution in [0.3, 0.4) is 0 Å². The van der Waals surface area contributed by atoms with E-state index in [1.807, 2.05) is 22.1 Å². The molecule has 1 N–H and O–H groups in total. The lowest BCUT2D eigenvalue weighted by Gasteiger charge is -2.32. The number of urea groups is 1. The molecule has 0 saturated carbocycles. The molecule has 1 aromatic carbocycles. The Bertz CT molecular complexity index is 1240. The summed E-state index contributed by atoms with van der Waals surface area (Å²) in [6, 6.07) is 10.5. The van der Waals surface area contributed by atoms with Gasteiger partial charge in [0.05, 0.1) is 17.3 Å². The smallest absolute Gasteiger partial charge is 0.321 e.